The molecule has 0 spiro atoms. The Morgan fingerprint density at radius 1 is 0.342 bits per heavy atom. The van der Waals surface area contributed by atoms with Crippen LogP contribution in [-0.4, -0.2) is 0 Å². The summed E-state index contributed by atoms with van der Waals surface area (Å²) >= 11 is 15.6. The highest BCUT2D eigenvalue weighted by molar-refractivity contribution is 8.39. The summed E-state index contributed by atoms with van der Waals surface area (Å²) in [5.74, 6) is 0. The van der Waals surface area contributed by atoms with Gasteiger partial charge in [0.05, 0.1) is 8.47 Å². The van der Waals surface area contributed by atoms with E-state index >= 15 is 0 Å². The van der Waals surface area contributed by atoms with Crippen LogP contribution in [0.4, 0.5) is 0 Å². The molecule has 0 radical (unpaired) electrons. The summed E-state index contributed by atoms with van der Waals surface area (Å²) in [7, 11) is 0. The summed E-state index contributed by atoms with van der Waals surface area (Å²) in [6, 6.07) is 9.57. The molecule has 0 saturated carbocycles. The molecule has 2 aliphatic heterocycles. The van der Waals surface area contributed by atoms with Crippen molar-refractivity contribution >= 4 is 112 Å². The highest BCUT2D eigenvalue weighted by atomic mass is 32.2. The maximum absolute atomic E-state index is 2.39. The van der Waals surface area contributed by atoms with E-state index in [1.807, 2.05) is 92.4 Å². The van der Waals surface area contributed by atoms with Gasteiger partial charge in [-0.05, 0) is 79.7 Å². The Hall–Kier alpha value is -0.580. The van der Waals surface area contributed by atoms with Gasteiger partial charge in [-0.2, -0.15) is 0 Å². The van der Waals surface area contributed by atoms with E-state index in [2.05, 4.69) is 79.7 Å². The average molecular weight is 645 g/mol. The summed E-state index contributed by atoms with van der Waals surface area (Å²) in [6.45, 7) is 18.0. The topological polar surface area (TPSA) is 0 Å². The Morgan fingerprint density at radius 3 is 0.711 bits per heavy atom. The molecule has 2 aliphatic rings. The number of aryl methyl sites for hydroxylation is 8. The zero-order chi connectivity index (χ0) is 26.9. The SMILES string of the molecule is Cc1cc(C2=C(c3cc(C)sc3C)SC(=C3SC(c4cc(C)sc4C)=C(c4cc(C)sc4C)S3)S2)c(C)s1. The van der Waals surface area contributed by atoms with Gasteiger partial charge in [-0.15, -0.1) is 45.3 Å². The first kappa shape index (κ1) is 27.6. The molecule has 0 aromatic carbocycles. The summed E-state index contributed by atoms with van der Waals surface area (Å²) in [6.07, 6.45) is 0. The molecule has 0 aliphatic carbocycles. The van der Waals surface area contributed by atoms with Crippen molar-refractivity contribution in [1.82, 2.24) is 0 Å². The van der Waals surface area contributed by atoms with Gasteiger partial charge in [-0.1, -0.05) is 47.0 Å². The van der Waals surface area contributed by atoms with Crippen LogP contribution in [0.2, 0.25) is 0 Å². The molecule has 4 aromatic rings. The van der Waals surface area contributed by atoms with Crippen molar-refractivity contribution in [3.8, 4) is 0 Å². The van der Waals surface area contributed by atoms with Crippen LogP contribution in [0.15, 0.2) is 32.7 Å². The molecule has 0 fully saturated rings. The maximum atomic E-state index is 2.39. The van der Waals surface area contributed by atoms with Gasteiger partial charge in [-0.3, -0.25) is 0 Å². The van der Waals surface area contributed by atoms with E-state index in [1.165, 1.54) is 89.4 Å². The Balaban J connectivity index is 1.46. The molecule has 0 unspecified atom stereocenters. The van der Waals surface area contributed by atoms with Gasteiger partial charge in [-0.25, -0.2) is 0 Å². The van der Waals surface area contributed by atoms with Crippen molar-refractivity contribution in [2.24, 2.45) is 0 Å². The molecule has 38 heavy (non-hydrogen) atoms. The van der Waals surface area contributed by atoms with Crippen molar-refractivity contribution in [3.63, 3.8) is 0 Å². The lowest BCUT2D eigenvalue weighted by Crippen LogP contribution is -1.82. The van der Waals surface area contributed by atoms with E-state index in [1.54, 1.807) is 0 Å². The molecule has 4 aromatic heterocycles. The zero-order valence-corrected chi connectivity index (χ0v) is 29.1. The summed E-state index contributed by atoms with van der Waals surface area (Å²) < 4.78 is 2.86. The Bertz CT molecular complexity index is 1450. The van der Waals surface area contributed by atoms with Crippen LogP contribution < -0.4 is 0 Å². The Kier molecular flexibility index (Phi) is 7.75. The van der Waals surface area contributed by atoms with E-state index in [-0.39, 0.29) is 0 Å². The molecular formula is C30H28S8. The Morgan fingerprint density at radius 2 is 0.553 bits per heavy atom. The van der Waals surface area contributed by atoms with Gasteiger partial charge < -0.3 is 0 Å². The van der Waals surface area contributed by atoms with Gasteiger partial charge in [0.2, 0.25) is 0 Å². The minimum Gasteiger partial charge on any atom is -0.145 e. The number of hydrogen-bond acceptors (Lipinski definition) is 8. The van der Waals surface area contributed by atoms with Crippen LogP contribution in [0.25, 0.3) is 19.6 Å². The first-order valence-electron chi connectivity index (χ1n) is 12.3. The largest absolute Gasteiger partial charge is 0.145 e. The fourth-order valence-corrected chi connectivity index (χ4v) is 14.9. The lowest BCUT2D eigenvalue weighted by atomic mass is 10.1. The number of rotatable bonds is 4. The predicted octanol–water partition coefficient (Wildman–Crippen LogP) is 12.8. The first-order chi connectivity index (χ1) is 18.1. The van der Waals surface area contributed by atoms with Crippen molar-refractivity contribution in [2.45, 2.75) is 55.4 Å². The van der Waals surface area contributed by atoms with E-state index < -0.39 is 0 Å². The molecule has 6 rings (SSSR count). The fraction of sp³-hybridized carbons (Fsp3) is 0.267. The maximum Gasteiger partial charge on any atom is 0.0707 e. The van der Waals surface area contributed by atoms with Crippen LogP contribution in [0.3, 0.4) is 0 Å². The van der Waals surface area contributed by atoms with Crippen molar-refractivity contribution in [2.75, 3.05) is 0 Å². The minimum atomic E-state index is 1.39. The molecule has 0 N–H and O–H groups in total. The third kappa shape index (κ3) is 5.02. The normalized spacial score (nSPS) is 16.2. The van der Waals surface area contributed by atoms with Gasteiger partial charge in [0.25, 0.3) is 0 Å². The van der Waals surface area contributed by atoms with Crippen molar-refractivity contribution in [3.05, 3.63) is 94.0 Å². The lowest BCUT2D eigenvalue weighted by Gasteiger charge is -2.04. The summed E-state index contributed by atoms with van der Waals surface area (Å²) in [4.78, 5) is 16.9. The molecule has 0 saturated heterocycles. The molecule has 6 heterocycles. The quantitative estimate of drug-likeness (QED) is 0.217. The molecular weight excluding hydrogens is 617 g/mol. The Labute approximate surface area is 259 Å². The minimum absolute atomic E-state index is 1.39. The van der Waals surface area contributed by atoms with Crippen LogP contribution in [0.5, 0.6) is 0 Å². The monoisotopic (exact) mass is 644 g/mol. The van der Waals surface area contributed by atoms with Gasteiger partial charge in [0.1, 0.15) is 0 Å². The molecule has 0 nitrogen and oxygen atoms in total. The fourth-order valence-electron chi connectivity index (χ4n) is 4.90. The second-order valence-electron chi connectivity index (χ2n) is 9.61. The zero-order valence-electron chi connectivity index (χ0n) is 22.6. The first-order valence-corrected chi connectivity index (χ1v) is 18.9. The third-order valence-electron chi connectivity index (χ3n) is 6.50. The number of thiophene rings is 4. The third-order valence-corrected chi connectivity index (χ3v) is 16.2. The molecule has 0 atom stereocenters. The highest BCUT2D eigenvalue weighted by Crippen LogP contribution is 2.67. The van der Waals surface area contributed by atoms with Crippen LogP contribution in [0, 0.1) is 55.4 Å². The van der Waals surface area contributed by atoms with Gasteiger partial charge >= 0.3 is 0 Å². The second kappa shape index (κ2) is 10.7. The van der Waals surface area contributed by atoms with E-state index in [0.717, 1.165) is 0 Å². The molecule has 0 amide bonds. The summed E-state index contributed by atoms with van der Waals surface area (Å²) in [5, 5.41) is 0. The van der Waals surface area contributed by atoms with Gasteiger partial charge in [0.15, 0.2) is 0 Å². The standard InChI is InChI=1S/C30H28S8/c1-13-9-21(17(5)31-13)25-26(22-10-14(2)32-18(22)6)36-29(35-25)30-37-27(23-11-15(3)33-19(23)7)28(38-30)24-12-16(4)34-20(24)8/h9-12H,1-8H3. The molecule has 196 valence electrons. The van der Waals surface area contributed by atoms with Crippen LogP contribution >= 0.6 is 92.4 Å². The smallest absolute Gasteiger partial charge is 0.0707 e. The van der Waals surface area contributed by atoms with Crippen molar-refractivity contribution in [1.29, 1.82) is 0 Å². The number of hydrogen-bond donors (Lipinski definition) is 0. The van der Waals surface area contributed by atoms with E-state index in [4.69, 9.17) is 0 Å². The predicted molar refractivity (Wildman–Crippen MR) is 186 cm³/mol. The molecule has 8 heteroatoms. The van der Waals surface area contributed by atoms with Crippen LogP contribution in [-0.2, 0) is 0 Å². The highest BCUT2D eigenvalue weighted by Gasteiger charge is 2.34. The van der Waals surface area contributed by atoms with Gasteiger partial charge in [0, 0.05) is 80.9 Å². The van der Waals surface area contributed by atoms with Crippen molar-refractivity contribution < 1.29 is 0 Å². The lowest BCUT2D eigenvalue weighted by molar-refractivity contribution is 1.55. The number of thioether (sulfide) groups is 4. The van der Waals surface area contributed by atoms with E-state index in [0.29, 0.717) is 0 Å². The van der Waals surface area contributed by atoms with E-state index in [9.17, 15) is 0 Å². The summed E-state index contributed by atoms with van der Waals surface area (Å²) in [5.41, 5.74) is 5.64. The second-order valence-corrected chi connectivity index (χ2v) is 20.0. The molecule has 0 bridgehead atoms. The van der Waals surface area contributed by atoms with Crippen LogP contribution in [0.1, 0.15) is 61.3 Å². The average Bonchev–Trinajstić information content (AvgIpc) is 3.65.